The summed E-state index contributed by atoms with van der Waals surface area (Å²) in [7, 11) is 0. The van der Waals surface area contributed by atoms with Gasteiger partial charge >= 0.3 is 0 Å². The molecule has 0 radical (unpaired) electrons. The normalized spacial score (nSPS) is 27.1. The standard InChI is InChI=1S/C11H20O2/c1-11(2)7-9(4-3-5-12)6-10(13)8-11/h6,10,12-13H,3-5,7-8H2,1-2H3. The lowest BCUT2D eigenvalue weighted by atomic mass is 9.75. The first kappa shape index (κ1) is 10.7. The van der Waals surface area contributed by atoms with Gasteiger partial charge in [-0.15, -0.1) is 0 Å². The van der Waals surface area contributed by atoms with Gasteiger partial charge < -0.3 is 10.2 Å². The average molecular weight is 184 g/mol. The largest absolute Gasteiger partial charge is 0.396 e. The molecule has 0 fully saturated rings. The van der Waals surface area contributed by atoms with E-state index in [4.69, 9.17) is 5.11 Å². The fourth-order valence-electron chi connectivity index (χ4n) is 2.12. The highest BCUT2D eigenvalue weighted by Crippen LogP contribution is 2.36. The Morgan fingerprint density at radius 2 is 2.23 bits per heavy atom. The van der Waals surface area contributed by atoms with E-state index in [2.05, 4.69) is 13.8 Å². The van der Waals surface area contributed by atoms with Crippen LogP contribution >= 0.6 is 0 Å². The van der Waals surface area contributed by atoms with Crippen LogP contribution in [0.4, 0.5) is 0 Å². The van der Waals surface area contributed by atoms with E-state index in [0.717, 1.165) is 25.7 Å². The Bertz CT molecular complexity index is 194. The predicted molar refractivity (Wildman–Crippen MR) is 53.4 cm³/mol. The van der Waals surface area contributed by atoms with Crippen molar-refractivity contribution in [1.29, 1.82) is 0 Å². The number of hydrogen-bond acceptors (Lipinski definition) is 2. The Morgan fingerprint density at radius 1 is 1.54 bits per heavy atom. The number of hydrogen-bond donors (Lipinski definition) is 2. The van der Waals surface area contributed by atoms with Crippen LogP contribution in [0.3, 0.4) is 0 Å². The molecule has 0 spiro atoms. The maximum Gasteiger partial charge on any atom is 0.0728 e. The number of allylic oxidation sites excluding steroid dienone is 1. The molecule has 2 heteroatoms. The number of aliphatic hydroxyl groups excluding tert-OH is 2. The lowest BCUT2D eigenvalue weighted by Crippen LogP contribution is -2.25. The molecule has 1 atom stereocenters. The molecule has 0 bridgehead atoms. The second kappa shape index (κ2) is 4.25. The van der Waals surface area contributed by atoms with Crippen LogP contribution < -0.4 is 0 Å². The van der Waals surface area contributed by atoms with Gasteiger partial charge in [0.25, 0.3) is 0 Å². The van der Waals surface area contributed by atoms with E-state index in [0.29, 0.717) is 0 Å². The minimum atomic E-state index is -0.280. The Kier molecular flexibility index (Phi) is 3.51. The molecular formula is C11H20O2. The van der Waals surface area contributed by atoms with Gasteiger partial charge in [0.05, 0.1) is 6.10 Å². The molecule has 0 amide bonds. The summed E-state index contributed by atoms with van der Waals surface area (Å²) in [5, 5.41) is 18.3. The Labute approximate surface area is 80.3 Å². The molecule has 0 heterocycles. The molecule has 2 nitrogen and oxygen atoms in total. The zero-order valence-corrected chi connectivity index (χ0v) is 8.58. The molecule has 1 aliphatic rings. The van der Waals surface area contributed by atoms with Gasteiger partial charge in [-0.3, -0.25) is 0 Å². The Hall–Kier alpha value is -0.340. The van der Waals surface area contributed by atoms with Crippen LogP contribution in [0.25, 0.3) is 0 Å². The first-order valence-electron chi connectivity index (χ1n) is 5.02. The van der Waals surface area contributed by atoms with Gasteiger partial charge in [0.15, 0.2) is 0 Å². The third-order valence-corrected chi connectivity index (χ3v) is 2.55. The predicted octanol–water partition coefficient (Wildman–Crippen LogP) is 1.87. The van der Waals surface area contributed by atoms with Crippen molar-refractivity contribution in [3.05, 3.63) is 11.6 Å². The van der Waals surface area contributed by atoms with Crippen molar-refractivity contribution in [2.75, 3.05) is 6.61 Å². The summed E-state index contributed by atoms with van der Waals surface area (Å²) < 4.78 is 0. The monoisotopic (exact) mass is 184 g/mol. The van der Waals surface area contributed by atoms with Crippen LogP contribution in [-0.2, 0) is 0 Å². The minimum Gasteiger partial charge on any atom is -0.396 e. The van der Waals surface area contributed by atoms with Gasteiger partial charge in [0.2, 0.25) is 0 Å². The van der Waals surface area contributed by atoms with Crippen molar-refractivity contribution in [3.8, 4) is 0 Å². The van der Waals surface area contributed by atoms with E-state index < -0.39 is 0 Å². The molecule has 0 aromatic heterocycles. The van der Waals surface area contributed by atoms with Crippen molar-refractivity contribution in [1.82, 2.24) is 0 Å². The SMILES string of the molecule is CC1(C)CC(CCCO)=CC(O)C1. The lowest BCUT2D eigenvalue weighted by Gasteiger charge is -2.32. The summed E-state index contributed by atoms with van der Waals surface area (Å²) in [6.07, 6.45) is 5.34. The van der Waals surface area contributed by atoms with Crippen LogP contribution in [0.1, 0.15) is 39.5 Å². The maximum absolute atomic E-state index is 9.58. The topological polar surface area (TPSA) is 40.5 Å². The first-order chi connectivity index (χ1) is 6.03. The first-order valence-corrected chi connectivity index (χ1v) is 5.02. The van der Waals surface area contributed by atoms with Crippen molar-refractivity contribution < 1.29 is 10.2 Å². The van der Waals surface area contributed by atoms with E-state index in [9.17, 15) is 5.11 Å². The molecule has 1 aliphatic carbocycles. The number of aliphatic hydroxyl groups is 2. The molecule has 13 heavy (non-hydrogen) atoms. The summed E-state index contributed by atoms with van der Waals surface area (Å²) in [6, 6.07) is 0. The fraction of sp³-hybridized carbons (Fsp3) is 0.818. The summed E-state index contributed by atoms with van der Waals surface area (Å²) in [4.78, 5) is 0. The van der Waals surface area contributed by atoms with Gasteiger partial charge in [-0.1, -0.05) is 25.5 Å². The van der Waals surface area contributed by atoms with Gasteiger partial charge in [0, 0.05) is 6.61 Å². The summed E-state index contributed by atoms with van der Waals surface area (Å²) in [5.41, 5.74) is 1.52. The molecule has 0 saturated carbocycles. The molecule has 76 valence electrons. The maximum atomic E-state index is 9.58. The molecule has 0 aromatic carbocycles. The van der Waals surface area contributed by atoms with Gasteiger partial charge in [0.1, 0.15) is 0 Å². The van der Waals surface area contributed by atoms with Crippen LogP contribution in [0, 0.1) is 5.41 Å². The molecular weight excluding hydrogens is 164 g/mol. The molecule has 0 saturated heterocycles. The quantitative estimate of drug-likeness (QED) is 0.657. The summed E-state index contributed by atoms with van der Waals surface area (Å²) in [6.45, 7) is 4.61. The average Bonchev–Trinajstić information content (AvgIpc) is 1.97. The zero-order chi connectivity index (χ0) is 9.90. The van der Waals surface area contributed by atoms with Crippen LogP contribution in [0.15, 0.2) is 11.6 Å². The lowest BCUT2D eigenvalue weighted by molar-refractivity contribution is 0.137. The van der Waals surface area contributed by atoms with E-state index in [1.165, 1.54) is 5.57 Å². The van der Waals surface area contributed by atoms with Crippen molar-refractivity contribution in [2.45, 2.75) is 45.6 Å². The fourth-order valence-corrected chi connectivity index (χ4v) is 2.12. The molecule has 0 aliphatic heterocycles. The van der Waals surface area contributed by atoms with Crippen LogP contribution in [0.5, 0.6) is 0 Å². The van der Waals surface area contributed by atoms with E-state index in [-0.39, 0.29) is 18.1 Å². The van der Waals surface area contributed by atoms with E-state index >= 15 is 0 Å². The van der Waals surface area contributed by atoms with Gasteiger partial charge in [-0.25, -0.2) is 0 Å². The number of rotatable bonds is 3. The highest BCUT2D eigenvalue weighted by atomic mass is 16.3. The van der Waals surface area contributed by atoms with Gasteiger partial charge in [-0.2, -0.15) is 0 Å². The summed E-state index contributed by atoms with van der Waals surface area (Å²) in [5.74, 6) is 0. The zero-order valence-electron chi connectivity index (χ0n) is 8.58. The molecule has 2 N–H and O–H groups in total. The Balaban J connectivity index is 2.53. The minimum absolute atomic E-state index is 0.221. The van der Waals surface area contributed by atoms with Crippen molar-refractivity contribution >= 4 is 0 Å². The van der Waals surface area contributed by atoms with Crippen LogP contribution in [0.2, 0.25) is 0 Å². The van der Waals surface area contributed by atoms with Crippen molar-refractivity contribution in [2.24, 2.45) is 5.41 Å². The van der Waals surface area contributed by atoms with Crippen molar-refractivity contribution in [3.63, 3.8) is 0 Å². The third-order valence-electron chi connectivity index (χ3n) is 2.55. The molecule has 1 rings (SSSR count). The summed E-state index contributed by atoms with van der Waals surface area (Å²) >= 11 is 0. The van der Waals surface area contributed by atoms with E-state index in [1.807, 2.05) is 6.08 Å². The Morgan fingerprint density at radius 3 is 2.77 bits per heavy atom. The molecule has 1 unspecified atom stereocenters. The highest BCUT2D eigenvalue weighted by Gasteiger charge is 2.26. The van der Waals surface area contributed by atoms with E-state index in [1.54, 1.807) is 0 Å². The second-order valence-corrected chi connectivity index (χ2v) is 4.76. The third kappa shape index (κ3) is 3.49. The highest BCUT2D eigenvalue weighted by molar-refractivity contribution is 5.12. The van der Waals surface area contributed by atoms with Crippen LogP contribution in [-0.4, -0.2) is 22.9 Å². The van der Waals surface area contributed by atoms with Gasteiger partial charge in [-0.05, 0) is 31.1 Å². The smallest absolute Gasteiger partial charge is 0.0728 e. The second-order valence-electron chi connectivity index (χ2n) is 4.76. The molecule has 0 aromatic rings.